The highest BCUT2D eigenvalue weighted by Crippen LogP contribution is 2.26. The summed E-state index contributed by atoms with van der Waals surface area (Å²) in [6, 6.07) is 10.5. The molecule has 1 aromatic carbocycles. The van der Waals surface area contributed by atoms with Crippen molar-refractivity contribution in [3.63, 3.8) is 0 Å². The van der Waals surface area contributed by atoms with E-state index in [0.717, 1.165) is 30.8 Å². The maximum atomic E-state index is 5.83. The van der Waals surface area contributed by atoms with Crippen molar-refractivity contribution in [2.75, 3.05) is 24.5 Å². The number of para-hydroxylation sites is 1. The largest absolute Gasteiger partial charge is 0.372 e. The van der Waals surface area contributed by atoms with Crippen LogP contribution in [0.2, 0.25) is 0 Å². The second kappa shape index (κ2) is 6.00. The van der Waals surface area contributed by atoms with Crippen LogP contribution in [0, 0.1) is 0 Å². The van der Waals surface area contributed by atoms with E-state index in [-0.39, 0.29) is 12.2 Å². The zero-order chi connectivity index (χ0) is 14.8. The summed E-state index contributed by atoms with van der Waals surface area (Å²) in [6.45, 7) is 6.64. The van der Waals surface area contributed by atoms with Gasteiger partial charge in [-0.25, -0.2) is 4.98 Å². The third-order valence-corrected chi connectivity index (χ3v) is 3.91. The molecule has 21 heavy (non-hydrogen) atoms. The Morgan fingerprint density at radius 1 is 1.24 bits per heavy atom. The van der Waals surface area contributed by atoms with Crippen LogP contribution in [-0.4, -0.2) is 36.8 Å². The van der Waals surface area contributed by atoms with Crippen LogP contribution < -0.4 is 10.6 Å². The van der Waals surface area contributed by atoms with Crippen LogP contribution >= 0.6 is 0 Å². The van der Waals surface area contributed by atoms with Gasteiger partial charge in [0.2, 0.25) is 0 Å². The second-order valence-electron chi connectivity index (χ2n) is 5.86. The number of nitrogens with zero attached hydrogens (tertiary/aromatic N) is 2. The Kier molecular flexibility index (Phi) is 4.08. The average Bonchev–Trinajstić information content (AvgIpc) is 2.46. The number of pyridine rings is 1. The van der Waals surface area contributed by atoms with E-state index in [1.54, 1.807) is 0 Å². The topological polar surface area (TPSA) is 51.4 Å². The lowest BCUT2D eigenvalue weighted by molar-refractivity contribution is -0.00548. The van der Waals surface area contributed by atoms with E-state index in [4.69, 9.17) is 15.5 Å². The van der Waals surface area contributed by atoms with Crippen molar-refractivity contribution in [2.24, 2.45) is 5.73 Å². The number of anilines is 1. The quantitative estimate of drug-likeness (QED) is 0.940. The molecule has 1 aliphatic heterocycles. The van der Waals surface area contributed by atoms with Crippen LogP contribution in [0.3, 0.4) is 0 Å². The van der Waals surface area contributed by atoms with Gasteiger partial charge in [-0.2, -0.15) is 0 Å². The molecule has 3 rings (SSSR count). The molecule has 0 unspecified atom stereocenters. The number of benzene rings is 1. The Labute approximate surface area is 125 Å². The van der Waals surface area contributed by atoms with E-state index >= 15 is 0 Å². The van der Waals surface area contributed by atoms with Crippen molar-refractivity contribution < 1.29 is 4.74 Å². The highest BCUT2D eigenvalue weighted by Gasteiger charge is 2.25. The zero-order valence-electron chi connectivity index (χ0n) is 12.7. The highest BCUT2D eigenvalue weighted by molar-refractivity contribution is 5.81. The van der Waals surface area contributed by atoms with Gasteiger partial charge in [-0.1, -0.05) is 18.2 Å². The molecule has 0 amide bonds. The molecule has 2 heterocycles. The smallest absolute Gasteiger partial charge is 0.132 e. The highest BCUT2D eigenvalue weighted by atomic mass is 16.5. The van der Waals surface area contributed by atoms with E-state index in [2.05, 4.69) is 43.0 Å². The Balaban J connectivity index is 2.04. The third-order valence-electron chi connectivity index (χ3n) is 3.91. The molecule has 1 aliphatic rings. The van der Waals surface area contributed by atoms with Crippen molar-refractivity contribution in [1.29, 1.82) is 0 Å². The molecule has 0 radical (unpaired) electrons. The van der Waals surface area contributed by atoms with Crippen molar-refractivity contribution in [1.82, 2.24) is 4.98 Å². The number of hydrogen-bond acceptors (Lipinski definition) is 4. The first kappa shape index (κ1) is 14.3. The first-order chi connectivity index (χ1) is 10.2. The van der Waals surface area contributed by atoms with Gasteiger partial charge in [-0.05, 0) is 44.5 Å². The van der Waals surface area contributed by atoms with Crippen molar-refractivity contribution in [2.45, 2.75) is 32.5 Å². The van der Waals surface area contributed by atoms with E-state index in [9.17, 15) is 0 Å². The van der Waals surface area contributed by atoms with E-state index in [1.807, 2.05) is 6.07 Å². The van der Waals surface area contributed by atoms with Crippen LogP contribution in [0.15, 0.2) is 30.3 Å². The molecule has 1 fully saturated rings. The molecule has 0 bridgehead atoms. The summed E-state index contributed by atoms with van der Waals surface area (Å²) >= 11 is 0. The van der Waals surface area contributed by atoms with Crippen molar-refractivity contribution in [3.8, 4) is 0 Å². The summed E-state index contributed by atoms with van der Waals surface area (Å²) in [5, 5.41) is 1.18. The molecule has 2 aromatic rings. The van der Waals surface area contributed by atoms with Gasteiger partial charge in [0, 0.05) is 18.5 Å². The summed E-state index contributed by atoms with van der Waals surface area (Å²) in [5.41, 5.74) is 8.06. The summed E-state index contributed by atoms with van der Waals surface area (Å²) in [4.78, 5) is 7.24. The Morgan fingerprint density at radius 2 is 1.95 bits per heavy atom. The molecule has 1 saturated heterocycles. The number of fused-ring (bicyclic) bond motifs is 1. The van der Waals surface area contributed by atoms with Gasteiger partial charge in [0.25, 0.3) is 0 Å². The Morgan fingerprint density at radius 3 is 2.67 bits per heavy atom. The van der Waals surface area contributed by atoms with Crippen LogP contribution in [0.5, 0.6) is 0 Å². The fraction of sp³-hybridized carbons (Fsp3) is 0.471. The molecule has 112 valence electrons. The minimum absolute atomic E-state index is 0.229. The van der Waals surface area contributed by atoms with Crippen molar-refractivity contribution in [3.05, 3.63) is 35.9 Å². The molecule has 2 N–H and O–H groups in total. The lowest BCUT2D eigenvalue weighted by Crippen LogP contribution is -2.46. The second-order valence-corrected chi connectivity index (χ2v) is 5.86. The van der Waals surface area contributed by atoms with Gasteiger partial charge >= 0.3 is 0 Å². The Bertz CT molecular complexity index is 618. The first-order valence-corrected chi connectivity index (χ1v) is 7.66. The van der Waals surface area contributed by atoms with Gasteiger partial charge in [0.05, 0.1) is 17.7 Å². The fourth-order valence-corrected chi connectivity index (χ4v) is 3.11. The average molecular weight is 285 g/mol. The van der Waals surface area contributed by atoms with Gasteiger partial charge in [-0.3, -0.25) is 0 Å². The molecule has 2 atom stereocenters. The number of hydrogen-bond donors (Lipinski definition) is 1. The number of morpholine rings is 1. The summed E-state index contributed by atoms with van der Waals surface area (Å²) in [6.07, 6.45) is 1.31. The molecule has 0 saturated carbocycles. The van der Waals surface area contributed by atoms with Gasteiger partial charge in [-0.15, -0.1) is 0 Å². The Hall–Kier alpha value is -1.65. The van der Waals surface area contributed by atoms with Gasteiger partial charge in [0.15, 0.2) is 0 Å². The lowest BCUT2D eigenvalue weighted by Gasteiger charge is -2.37. The van der Waals surface area contributed by atoms with E-state index < -0.39 is 0 Å². The first-order valence-electron chi connectivity index (χ1n) is 7.66. The lowest BCUT2D eigenvalue weighted by atomic mass is 10.1. The standard InChI is InChI=1S/C17H23N3O/c1-12-10-20(11-13(2)21-12)17-15(7-8-18)9-14-5-3-4-6-16(14)19-17/h3-6,9,12-13H,7-8,10-11,18H2,1-2H3/t12-,13+. The van der Waals surface area contributed by atoms with Crippen LogP contribution in [0.4, 0.5) is 5.82 Å². The summed E-state index contributed by atoms with van der Waals surface area (Å²) in [7, 11) is 0. The maximum absolute atomic E-state index is 5.83. The molecule has 4 heteroatoms. The number of nitrogens with two attached hydrogens (primary N) is 1. The maximum Gasteiger partial charge on any atom is 0.132 e. The van der Waals surface area contributed by atoms with Crippen LogP contribution in [0.25, 0.3) is 10.9 Å². The van der Waals surface area contributed by atoms with Crippen LogP contribution in [0.1, 0.15) is 19.4 Å². The zero-order valence-corrected chi connectivity index (χ0v) is 12.7. The van der Waals surface area contributed by atoms with Crippen LogP contribution in [-0.2, 0) is 11.2 Å². The molecule has 0 aliphatic carbocycles. The number of aromatic nitrogens is 1. The summed E-state index contributed by atoms with van der Waals surface area (Å²) < 4.78 is 5.83. The SMILES string of the molecule is C[C@@H]1CN(c2nc3ccccc3cc2CCN)C[C@H](C)O1. The molecular formula is C17H23N3O. The minimum Gasteiger partial charge on any atom is -0.372 e. The summed E-state index contributed by atoms with van der Waals surface area (Å²) in [5.74, 6) is 1.07. The van der Waals surface area contributed by atoms with Crippen molar-refractivity contribution >= 4 is 16.7 Å². The van der Waals surface area contributed by atoms with Gasteiger partial charge in [0.1, 0.15) is 5.82 Å². The normalized spacial score (nSPS) is 22.7. The predicted molar refractivity (Wildman–Crippen MR) is 86.7 cm³/mol. The number of ether oxygens (including phenoxy) is 1. The molecular weight excluding hydrogens is 262 g/mol. The molecule has 1 aromatic heterocycles. The monoisotopic (exact) mass is 285 g/mol. The van der Waals surface area contributed by atoms with E-state index in [0.29, 0.717) is 6.54 Å². The predicted octanol–water partition coefficient (Wildman–Crippen LogP) is 2.35. The van der Waals surface area contributed by atoms with Gasteiger partial charge < -0.3 is 15.4 Å². The van der Waals surface area contributed by atoms with E-state index in [1.165, 1.54) is 10.9 Å². The minimum atomic E-state index is 0.229. The third kappa shape index (κ3) is 3.01. The molecule has 4 nitrogen and oxygen atoms in total. The number of rotatable bonds is 3. The fourth-order valence-electron chi connectivity index (χ4n) is 3.11. The molecule has 0 spiro atoms.